The summed E-state index contributed by atoms with van der Waals surface area (Å²) >= 11 is 0. The van der Waals surface area contributed by atoms with Crippen molar-refractivity contribution in [3.8, 4) is 11.5 Å². The fourth-order valence-electron chi connectivity index (χ4n) is 4.69. The van der Waals surface area contributed by atoms with Gasteiger partial charge >= 0.3 is 17.9 Å². The zero-order chi connectivity index (χ0) is 27.3. The fourth-order valence-corrected chi connectivity index (χ4v) is 4.69. The Bertz CT molecular complexity index is 1170. The predicted molar refractivity (Wildman–Crippen MR) is 134 cm³/mol. The topological polar surface area (TPSA) is 116 Å². The van der Waals surface area contributed by atoms with Crippen LogP contribution in [0.4, 0.5) is 5.69 Å². The molecule has 196 valence electrons. The highest BCUT2D eigenvalue weighted by Gasteiger charge is 2.50. The highest BCUT2D eigenvalue weighted by molar-refractivity contribution is 6.22. The van der Waals surface area contributed by atoms with E-state index in [-0.39, 0.29) is 11.8 Å². The molecule has 3 rings (SSSR count). The first-order valence-electron chi connectivity index (χ1n) is 12.1. The van der Waals surface area contributed by atoms with Crippen LogP contribution >= 0.6 is 0 Å². The third-order valence-corrected chi connectivity index (χ3v) is 6.32. The number of rotatable bonds is 9. The monoisotopic (exact) mass is 509 g/mol. The molecular weight excluding hydrogens is 478 g/mol. The third kappa shape index (κ3) is 6.61. The number of hydrogen-bond acceptors (Lipinski definition) is 8. The number of amides is 2. The van der Waals surface area contributed by atoms with E-state index in [1.807, 2.05) is 6.92 Å². The van der Waals surface area contributed by atoms with Crippen molar-refractivity contribution < 1.29 is 38.2 Å². The summed E-state index contributed by atoms with van der Waals surface area (Å²) in [6.07, 6.45) is 0.408. The van der Waals surface area contributed by atoms with Crippen LogP contribution in [0.2, 0.25) is 0 Å². The Morgan fingerprint density at radius 3 is 1.78 bits per heavy atom. The van der Waals surface area contributed by atoms with Crippen molar-refractivity contribution in [3.63, 3.8) is 0 Å². The lowest BCUT2D eigenvalue weighted by Gasteiger charge is -2.28. The quantitative estimate of drug-likeness (QED) is 0.281. The number of ether oxygens (including phenoxy) is 3. The van der Waals surface area contributed by atoms with Gasteiger partial charge in [-0.05, 0) is 60.7 Å². The molecule has 37 heavy (non-hydrogen) atoms. The molecule has 9 nitrogen and oxygen atoms in total. The molecule has 0 bridgehead atoms. The average molecular weight is 510 g/mol. The van der Waals surface area contributed by atoms with Crippen LogP contribution in [0.3, 0.4) is 0 Å². The van der Waals surface area contributed by atoms with Crippen LogP contribution in [-0.4, -0.2) is 35.8 Å². The van der Waals surface area contributed by atoms with Gasteiger partial charge in [0.05, 0.1) is 11.6 Å². The van der Waals surface area contributed by atoms with Crippen molar-refractivity contribution in [3.05, 3.63) is 54.1 Å². The number of benzene rings is 2. The van der Waals surface area contributed by atoms with Gasteiger partial charge in [-0.25, -0.2) is 0 Å². The van der Waals surface area contributed by atoms with E-state index < -0.39 is 41.8 Å². The van der Waals surface area contributed by atoms with Crippen LogP contribution in [0.25, 0.3) is 0 Å². The molecule has 9 heteroatoms. The number of carbonyl (C=O) groups is 5. The summed E-state index contributed by atoms with van der Waals surface area (Å²) in [4.78, 5) is 62.4. The third-order valence-electron chi connectivity index (χ3n) is 6.32. The summed E-state index contributed by atoms with van der Waals surface area (Å²) in [6, 6.07) is 12.9. The molecule has 4 unspecified atom stereocenters. The first-order chi connectivity index (χ1) is 17.5. The largest absolute Gasteiger partial charge is 0.463 e. The fraction of sp³-hybridized carbons (Fsp3) is 0.393. The van der Waals surface area contributed by atoms with Crippen molar-refractivity contribution in [2.45, 2.75) is 59.5 Å². The first-order valence-corrected chi connectivity index (χ1v) is 12.1. The summed E-state index contributed by atoms with van der Waals surface area (Å²) in [5.74, 6) is -3.22. The van der Waals surface area contributed by atoms with E-state index in [1.54, 1.807) is 43.3 Å². The molecule has 1 heterocycles. The SMILES string of the molecule is CCC(CC(c1ccc(OC(C)=O)cc1)C1C(=O)N(c2ccc(OC(C)=O)cc2)C(=O)C1C)OC(C)=O. The smallest absolute Gasteiger partial charge is 0.308 e. The van der Waals surface area contributed by atoms with Gasteiger partial charge in [0.25, 0.3) is 0 Å². The number of carbonyl (C=O) groups excluding carboxylic acids is 5. The molecule has 1 aliphatic heterocycles. The number of imide groups is 1. The molecule has 2 amide bonds. The number of nitrogens with zero attached hydrogens (tertiary/aromatic N) is 1. The minimum atomic E-state index is -0.718. The van der Waals surface area contributed by atoms with Gasteiger partial charge in [0.1, 0.15) is 17.6 Å². The summed E-state index contributed by atoms with van der Waals surface area (Å²) < 4.78 is 15.7. The van der Waals surface area contributed by atoms with E-state index in [0.717, 1.165) is 10.5 Å². The molecule has 2 aromatic rings. The van der Waals surface area contributed by atoms with Crippen molar-refractivity contribution >= 4 is 35.4 Å². The summed E-state index contributed by atoms with van der Waals surface area (Å²) in [6.45, 7) is 7.52. The molecule has 1 aliphatic rings. The van der Waals surface area contributed by atoms with E-state index in [2.05, 4.69) is 0 Å². The summed E-state index contributed by atoms with van der Waals surface area (Å²) in [5, 5.41) is 0. The van der Waals surface area contributed by atoms with Gasteiger partial charge in [-0.2, -0.15) is 0 Å². The maximum absolute atomic E-state index is 13.8. The number of hydrogen-bond donors (Lipinski definition) is 0. The van der Waals surface area contributed by atoms with E-state index >= 15 is 0 Å². The van der Waals surface area contributed by atoms with Gasteiger partial charge < -0.3 is 14.2 Å². The molecule has 0 radical (unpaired) electrons. The Morgan fingerprint density at radius 1 is 0.811 bits per heavy atom. The van der Waals surface area contributed by atoms with Crippen LogP contribution in [-0.2, 0) is 28.7 Å². The van der Waals surface area contributed by atoms with Crippen LogP contribution < -0.4 is 14.4 Å². The zero-order valence-corrected chi connectivity index (χ0v) is 21.6. The maximum Gasteiger partial charge on any atom is 0.308 e. The van der Waals surface area contributed by atoms with Gasteiger partial charge in [0.2, 0.25) is 11.8 Å². The molecule has 1 saturated heterocycles. The summed E-state index contributed by atoms with van der Waals surface area (Å²) in [5.41, 5.74) is 1.13. The average Bonchev–Trinajstić information content (AvgIpc) is 3.05. The molecule has 0 aliphatic carbocycles. The highest BCUT2D eigenvalue weighted by Crippen LogP contribution is 2.43. The molecule has 2 aromatic carbocycles. The molecule has 0 spiro atoms. The van der Waals surface area contributed by atoms with Gasteiger partial charge in [0, 0.05) is 26.7 Å². The second kappa shape index (κ2) is 11.8. The van der Waals surface area contributed by atoms with Crippen molar-refractivity contribution in [2.75, 3.05) is 4.90 Å². The molecule has 0 saturated carbocycles. The number of esters is 3. The zero-order valence-electron chi connectivity index (χ0n) is 21.6. The van der Waals surface area contributed by atoms with E-state index in [9.17, 15) is 24.0 Å². The maximum atomic E-state index is 13.8. The van der Waals surface area contributed by atoms with E-state index in [4.69, 9.17) is 14.2 Å². The van der Waals surface area contributed by atoms with Crippen LogP contribution in [0.5, 0.6) is 11.5 Å². The van der Waals surface area contributed by atoms with Gasteiger partial charge in [-0.15, -0.1) is 0 Å². The molecule has 0 aromatic heterocycles. The van der Waals surface area contributed by atoms with E-state index in [1.165, 1.54) is 32.9 Å². The lowest BCUT2D eigenvalue weighted by Crippen LogP contribution is -2.33. The number of anilines is 1. The minimum Gasteiger partial charge on any atom is -0.463 e. The second-order valence-electron chi connectivity index (χ2n) is 9.06. The van der Waals surface area contributed by atoms with Crippen molar-refractivity contribution in [2.24, 2.45) is 11.8 Å². The van der Waals surface area contributed by atoms with Gasteiger partial charge in [-0.3, -0.25) is 28.9 Å². The highest BCUT2D eigenvalue weighted by atomic mass is 16.5. The molecule has 0 N–H and O–H groups in total. The van der Waals surface area contributed by atoms with E-state index in [0.29, 0.717) is 30.0 Å². The predicted octanol–water partition coefficient (Wildman–Crippen LogP) is 4.18. The van der Waals surface area contributed by atoms with Crippen molar-refractivity contribution in [1.82, 2.24) is 0 Å². The molecule has 4 atom stereocenters. The van der Waals surface area contributed by atoms with Crippen molar-refractivity contribution in [1.29, 1.82) is 0 Å². The van der Waals surface area contributed by atoms with Gasteiger partial charge in [0.15, 0.2) is 0 Å². The molecular formula is C28H31NO8. The van der Waals surface area contributed by atoms with Crippen LogP contribution in [0, 0.1) is 11.8 Å². The lowest BCUT2D eigenvalue weighted by molar-refractivity contribution is -0.147. The Labute approximate surface area is 215 Å². The van der Waals surface area contributed by atoms with Crippen LogP contribution in [0.15, 0.2) is 48.5 Å². The normalized spacial score (nSPS) is 18.8. The Balaban J connectivity index is 1.97. The Hall–Kier alpha value is -4.01. The second-order valence-corrected chi connectivity index (χ2v) is 9.06. The summed E-state index contributed by atoms with van der Waals surface area (Å²) in [7, 11) is 0. The lowest BCUT2D eigenvalue weighted by atomic mass is 9.76. The van der Waals surface area contributed by atoms with Gasteiger partial charge in [-0.1, -0.05) is 26.0 Å². The Morgan fingerprint density at radius 2 is 1.32 bits per heavy atom. The minimum absolute atomic E-state index is 0.304. The van der Waals surface area contributed by atoms with Crippen LogP contribution in [0.1, 0.15) is 58.9 Å². The molecule has 1 fully saturated rings. The Kier molecular flexibility index (Phi) is 8.81. The standard InChI is InChI=1S/C28H31NO8/c1-6-22(35-17(3)30)15-25(20-7-11-23(12-8-20)36-18(4)31)26-16(2)27(33)29(28(26)34)21-9-13-24(14-10-21)37-19(5)32/h7-14,16,22,25-26H,6,15H2,1-5H3. The first kappa shape index (κ1) is 27.6.